The normalized spacial score (nSPS) is 12.4. The molecular weight excluding hydrogens is 480 g/mol. The second-order valence-electron chi connectivity index (χ2n) is 8.45. The summed E-state index contributed by atoms with van der Waals surface area (Å²) in [5.41, 5.74) is 2.08. The van der Waals surface area contributed by atoms with Crippen LogP contribution >= 0.6 is 11.6 Å². The fourth-order valence-electron chi connectivity index (χ4n) is 4.15. The van der Waals surface area contributed by atoms with Crippen LogP contribution in [-0.4, -0.2) is 29.5 Å². The second kappa shape index (κ2) is 9.87. The van der Waals surface area contributed by atoms with Crippen molar-refractivity contribution in [2.45, 2.75) is 19.9 Å². The summed E-state index contributed by atoms with van der Waals surface area (Å²) in [6.45, 7) is 2.64. The molecule has 1 N–H and O–H groups in total. The first-order valence-electron chi connectivity index (χ1n) is 11.6. The van der Waals surface area contributed by atoms with E-state index in [0.717, 1.165) is 12.0 Å². The van der Waals surface area contributed by atoms with Crippen LogP contribution in [0.15, 0.2) is 71.7 Å². The molecule has 0 spiro atoms. The number of nitrogens with zero attached hydrogens (tertiary/aromatic N) is 1. The number of pyridine rings is 1. The Morgan fingerprint density at radius 1 is 0.972 bits per heavy atom. The van der Waals surface area contributed by atoms with E-state index in [-0.39, 0.29) is 23.4 Å². The molecule has 0 unspecified atom stereocenters. The summed E-state index contributed by atoms with van der Waals surface area (Å²) in [4.78, 5) is 39.8. The average molecular weight is 503 g/mol. The first kappa shape index (κ1) is 23.6. The lowest BCUT2D eigenvalue weighted by molar-refractivity contribution is -0.116. The molecule has 5 rings (SSSR count). The number of halogens is 1. The van der Waals surface area contributed by atoms with Gasteiger partial charge in [0, 0.05) is 28.5 Å². The highest BCUT2D eigenvalue weighted by Gasteiger charge is 2.22. The van der Waals surface area contributed by atoms with Crippen molar-refractivity contribution in [1.29, 1.82) is 0 Å². The van der Waals surface area contributed by atoms with Crippen LogP contribution in [0.1, 0.15) is 28.4 Å². The predicted octanol–water partition coefficient (Wildman–Crippen LogP) is 4.86. The van der Waals surface area contributed by atoms with Crippen molar-refractivity contribution < 1.29 is 19.1 Å². The van der Waals surface area contributed by atoms with Gasteiger partial charge in [-0.05, 0) is 42.3 Å². The van der Waals surface area contributed by atoms with Gasteiger partial charge in [-0.15, -0.1) is 0 Å². The first-order chi connectivity index (χ1) is 17.4. The third kappa shape index (κ3) is 4.70. The Morgan fingerprint density at radius 3 is 2.31 bits per heavy atom. The summed E-state index contributed by atoms with van der Waals surface area (Å²) in [7, 11) is 0. The number of ether oxygens (including phenoxy) is 2. The Bertz CT molecular complexity index is 1530. The number of rotatable bonds is 6. The molecule has 0 saturated heterocycles. The maximum absolute atomic E-state index is 13.5. The van der Waals surface area contributed by atoms with E-state index in [2.05, 4.69) is 5.32 Å². The van der Waals surface area contributed by atoms with Crippen LogP contribution in [0, 0.1) is 0 Å². The highest BCUT2D eigenvalue weighted by Crippen LogP contribution is 2.34. The van der Waals surface area contributed by atoms with Gasteiger partial charge in [-0.3, -0.25) is 14.4 Å². The van der Waals surface area contributed by atoms with E-state index in [1.54, 1.807) is 53.1 Å². The average Bonchev–Trinajstić information content (AvgIpc) is 2.90. The van der Waals surface area contributed by atoms with Crippen LogP contribution in [0.2, 0.25) is 5.02 Å². The molecule has 7 nitrogen and oxygen atoms in total. The number of ketones is 1. The zero-order chi connectivity index (χ0) is 25.2. The molecule has 0 saturated carbocycles. The Morgan fingerprint density at radius 2 is 1.64 bits per heavy atom. The molecule has 0 radical (unpaired) electrons. The number of hydrogen-bond donors (Lipinski definition) is 1. The molecular formula is C28H23ClN2O5. The molecule has 182 valence electrons. The molecule has 1 aromatic heterocycles. The van der Waals surface area contributed by atoms with Gasteiger partial charge >= 0.3 is 0 Å². The Kier molecular flexibility index (Phi) is 6.48. The van der Waals surface area contributed by atoms with Crippen LogP contribution in [0.25, 0.3) is 10.9 Å². The zero-order valence-electron chi connectivity index (χ0n) is 19.5. The minimum atomic E-state index is -0.430. The van der Waals surface area contributed by atoms with Gasteiger partial charge in [-0.25, -0.2) is 0 Å². The van der Waals surface area contributed by atoms with Crippen LogP contribution in [-0.2, 0) is 17.8 Å². The molecule has 36 heavy (non-hydrogen) atoms. The smallest absolute Gasteiger partial charge is 0.244 e. The van der Waals surface area contributed by atoms with Gasteiger partial charge in [-0.2, -0.15) is 0 Å². The van der Waals surface area contributed by atoms with Gasteiger partial charge in [0.2, 0.25) is 11.3 Å². The minimum absolute atomic E-state index is 0.0253. The number of aromatic nitrogens is 1. The number of aryl methyl sites for hydroxylation is 1. The number of benzene rings is 3. The molecule has 1 aliphatic heterocycles. The van der Waals surface area contributed by atoms with E-state index < -0.39 is 11.2 Å². The molecule has 1 aliphatic rings. The molecule has 0 bridgehead atoms. The summed E-state index contributed by atoms with van der Waals surface area (Å²) >= 11 is 5.93. The fraction of sp³-hybridized carbons (Fsp3) is 0.179. The van der Waals surface area contributed by atoms with Gasteiger partial charge in [0.15, 0.2) is 17.3 Å². The number of carbonyl (C=O) groups excluding carboxylic acids is 2. The predicted molar refractivity (Wildman–Crippen MR) is 139 cm³/mol. The summed E-state index contributed by atoms with van der Waals surface area (Å²) in [5, 5.41) is 3.64. The molecule has 0 fully saturated rings. The third-order valence-electron chi connectivity index (χ3n) is 6.06. The van der Waals surface area contributed by atoms with Crippen molar-refractivity contribution in [2.24, 2.45) is 0 Å². The van der Waals surface area contributed by atoms with Crippen LogP contribution < -0.4 is 20.2 Å². The van der Waals surface area contributed by atoms with E-state index in [0.29, 0.717) is 46.5 Å². The summed E-state index contributed by atoms with van der Waals surface area (Å²) in [6.07, 6.45) is 2.28. The number of fused-ring (bicyclic) bond motifs is 2. The number of hydrogen-bond acceptors (Lipinski definition) is 5. The van der Waals surface area contributed by atoms with Crippen LogP contribution in [0.3, 0.4) is 0 Å². The number of carbonyl (C=O) groups is 2. The lowest BCUT2D eigenvalue weighted by Gasteiger charge is -2.20. The van der Waals surface area contributed by atoms with Crippen molar-refractivity contribution in [1.82, 2.24) is 4.57 Å². The quantitative estimate of drug-likeness (QED) is 0.381. The van der Waals surface area contributed by atoms with E-state index in [1.807, 2.05) is 19.1 Å². The molecule has 2 heterocycles. The lowest BCUT2D eigenvalue weighted by Crippen LogP contribution is -2.25. The lowest BCUT2D eigenvalue weighted by atomic mass is 10.0. The Hall–Kier alpha value is -4.10. The fourth-order valence-corrected chi connectivity index (χ4v) is 4.28. The van der Waals surface area contributed by atoms with Gasteiger partial charge in [-0.1, -0.05) is 42.8 Å². The van der Waals surface area contributed by atoms with Crippen molar-refractivity contribution in [3.8, 4) is 11.5 Å². The van der Waals surface area contributed by atoms with Crippen molar-refractivity contribution >= 4 is 39.9 Å². The number of anilines is 1. The van der Waals surface area contributed by atoms with Gasteiger partial charge in [0.05, 0.1) is 16.5 Å². The monoisotopic (exact) mass is 502 g/mol. The molecule has 0 aliphatic carbocycles. The zero-order valence-corrected chi connectivity index (χ0v) is 20.3. The van der Waals surface area contributed by atoms with E-state index >= 15 is 0 Å². The largest absolute Gasteiger partial charge is 0.486 e. The summed E-state index contributed by atoms with van der Waals surface area (Å²) in [6, 6.07) is 17.2. The Labute approximate surface area is 212 Å². The SMILES string of the molecule is CCc1ccc(C(=O)c2cn(CC(=O)Nc3ccc(Cl)cc3)c3cc4c(cc3c2=O)OCCO4)cc1. The second-order valence-corrected chi connectivity index (χ2v) is 8.88. The first-order valence-corrected chi connectivity index (χ1v) is 12.0. The van der Waals surface area contributed by atoms with Crippen molar-refractivity contribution in [3.63, 3.8) is 0 Å². The summed E-state index contributed by atoms with van der Waals surface area (Å²) < 4.78 is 12.9. The maximum atomic E-state index is 13.5. The summed E-state index contributed by atoms with van der Waals surface area (Å²) in [5.74, 6) is 0.170. The van der Waals surface area contributed by atoms with Crippen molar-refractivity contribution in [2.75, 3.05) is 18.5 Å². The van der Waals surface area contributed by atoms with Gasteiger partial charge < -0.3 is 19.4 Å². The maximum Gasteiger partial charge on any atom is 0.244 e. The molecule has 0 atom stereocenters. The molecule has 1 amide bonds. The number of nitrogens with one attached hydrogen (secondary N) is 1. The van der Waals surface area contributed by atoms with Crippen LogP contribution in [0.5, 0.6) is 11.5 Å². The standard InChI is InChI=1S/C28H23ClN2O5/c1-2-17-3-5-18(6-4-17)27(33)22-15-31(16-26(32)30-20-9-7-19(29)8-10-20)23-14-25-24(35-11-12-36-25)13-21(23)28(22)34/h3-10,13-15H,2,11-12,16H2,1H3,(H,30,32). The highest BCUT2D eigenvalue weighted by molar-refractivity contribution is 6.30. The van der Waals surface area contributed by atoms with Crippen molar-refractivity contribution in [3.05, 3.63) is 98.8 Å². The van der Waals surface area contributed by atoms with Gasteiger partial charge in [0.25, 0.3) is 0 Å². The Balaban J connectivity index is 1.58. The van der Waals surface area contributed by atoms with Gasteiger partial charge in [0.1, 0.15) is 19.8 Å². The van der Waals surface area contributed by atoms with Crippen LogP contribution in [0.4, 0.5) is 5.69 Å². The van der Waals surface area contributed by atoms with E-state index in [4.69, 9.17) is 21.1 Å². The number of amides is 1. The van der Waals surface area contributed by atoms with E-state index in [1.165, 1.54) is 6.20 Å². The molecule has 3 aromatic carbocycles. The third-order valence-corrected chi connectivity index (χ3v) is 6.31. The molecule has 8 heteroatoms. The molecule has 4 aromatic rings. The minimum Gasteiger partial charge on any atom is -0.486 e. The highest BCUT2D eigenvalue weighted by atomic mass is 35.5. The topological polar surface area (TPSA) is 86.6 Å². The van der Waals surface area contributed by atoms with E-state index in [9.17, 15) is 14.4 Å².